The average molecular weight is 413 g/mol. The standard InChI is InChI=1S/C18H21ClN2O5S/c1-25-17-5-4-13(9-16(17)19)20-18(22)11-21(10-15-3-2-7-26-15)14-6-8-27(23,24)12-14/h2-5,7,9,14H,6,8,10-12H2,1H3,(H,20,22)/t14-/m1/s1. The maximum absolute atomic E-state index is 12.5. The summed E-state index contributed by atoms with van der Waals surface area (Å²) >= 11 is 6.08. The number of amides is 1. The lowest BCUT2D eigenvalue weighted by atomic mass is 10.2. The number of hydrogen-bond donors (Lipinski definition) is 1. The largest absolute Gasteiger partial charge is 0.495 e. The summed E-state index contributed by atoms with van der Waals surface area (Å²) in [5.74, 6) is 1.13. The van der Waals surface area contributed by atoms with Crippen molar-refractivity contribution in [2.24, 2.45) is 0 Å². The fourth-order valence-corrected chi connectivity index (χ4v) is 5.13. The predicted octanol–water partition coefficient (Wildman–Crippen LogP) is 2.57. The third-order valence-corrected chi connectivity index (χ3v) is 6.49. The summed E-state index contributed by atoms with van der Waals surface area (Å²) in [5.41, 5.74) is 0.544. The summed E-state index contributed by atoms with van der Waals surface area (Å²) in [6, 6.07) is 8.32. The van der Waals surface area contributed by atoms with E-state index in [1.807, 2.05) is 4.90 Å². The van der Waals surface area contributed by atoms with Crippen LogP contribution in [-0.4, -0.2) is 50.4 Å². The predicted molar refractivity (Wildman–Crippen MR) is 103 cm³/mol. The number of hydrogen-bond acceptors (Lipinski definition) is 6. The molecule has 0 unspecified atom stereocenters. The van der Waals surface area contributed by atoms with Crippen LogP contribution in [0.25, 0.3) is 0 Å². The number of ether oxygens (including phenoxy) is 1. The number of rotatable bonds is 7. The molecule has 1 fully saturated rings. The highest BCUT2D eigenvalue weighted by Gasteiger charge is 2.33. The number of methoxy groups -OCH3 is 1. The molecule has 1 atom stereocenters. The first-order chi connectivity index (χ1) is 12.9. The van der Waals surface area contributed by atoms with Gasteiger partial charge in [-0.1, -0.05) is 11.6 Å². The molecule has 1 aliphatic heterocycles. The van der Waals surface area contributed by atoms with Crippen LogP contribution in [0, 0.1) is 0 Å². The highest BCUT2D eigenvalue weighted by molar-refractivity contribution is 7.91. The number of carbonyl (C=O) groups excluding carboxylic acids is 1. The summed E-state index contributed by atoms with van der Waals surface area (Å²) in [4.78, 5) is 14.4. The maximum atomic E-state index is 12.5. The summed E-state index contributed by atoms with van der Waals surface area (Å²) in [6.07, 6.45) is 2.06. The molecule has 7 nitrogen and oxygen atoms in total. The van der Waals surface area contributed by atoms with Crippen molar-refractivity contribution < 1.29 is 22.4 Å². The number of anilines is 1. The zero-order valence-corrected chi connectivity index (χ0v) is 16.4. The molecule has 1 aromatic heterocycles. The molecule has 0 bridgehead atoms. The van der Waals surface area contributed by atoms with Crippen molar-refractivity contribution in [3.8, 4) is 5.75 Å². The van der Waals surface area contributed by atoms with E-state index >= 15 is 0 Å². The van der Waals surface area contributed by atoms with Gasteiger partial charge in [-0.15, -0.1) is 0 Å². The Kier molecular flexibility index (Phi) is 6.08. The summed E-state index contributed by atoms with van der Waals surface area (Å²) < 4.78 is 34.1. The quantitative estimate of drug-likeness (QED) is 0.751. The van der Waals surface area contributed by atoms with Crippen LogP contribution >= 0.6 is 11.6 Å². The molecule has 1 saturated heterocycles. The smallest absolute Gasteiger partial charge is 0.238 e. The second kappa shape index (κ2) is 8.33. The Labute approximate surface area is 163 Å². The Morgan fingerprint density at radius 1 is 1.41 bits per heavy atom. The third kappa shape index (κ3) is 5.24. The normalized spacial score (nSPS) is 18.6. The van der Waals surface area contributed by atoms with Gasteiger partial charge in [0.05, 0.1) is 43.0 Å². The molecule has 2 aromatic rings. The van der Waals surface area contributed by atoms with Crippen molar-refractivity contribution in [2.45, 2.75) is 19.0 Å². The van der Waals surface area contributed by atoms with Crippen LogP contribution < -0.4 is 10.1 Å². The van der Waals surface area contributed by atoms with Crippen molar-refractivity contribution in [1.29, 1.82) is 0 Å². The van der Waals surface area contributed by atoms with Crippen molar-refractivity contribution in [3.63, 3.8) is 0 Å². The van der Waals surface area contributed by atoms with E-state index in [1.54, 1.807) is 36.6 Å². The topological polar surface area (TPSA) is 88.8 Å². The van der Waals surface area contributed by atoms with Crippen LogP contribution in [0.1, 0.15) is 12.2 Å². The Morgan fingerprint density at radius 3 is 2.81 bits per heavy atom. The van der Waals surface area contributed by atoms with Gasteiger partial charge in [-0.25, -0.2) is 8.42 Å². The SMILES string of the molecule is COc1ccc(NC(=O)CN(Cc2ccco2)[C@@H]2CCS(=O)(=O)C2)cc1Cl. The second-order valence-corrected chi connectivity index (χ2v) is 9.07. The van der Waals surface area contributed by atoms with Gasteiger partial charge in [-0.05, 0) is 36.8 Å². The Bertz CT molecular complexity index is 898. The molecule has 1 aliphatic rings. The van der Waals surface area contributed by atoms with Gasteiger partial charge in [0.1, 0.15) is 11.5 Å². The monoisotopic (exact) mass is 412 g/mol. The molecule has 9 heteroatoms. The van der Waals surface area contributed by atoms with E-state index in [0.29, 0.717) is 35.2 Å². The van der Waals surface area contributed by atoms with E-state index in [4.69, 9.17) is 20.8 Å². The van der Waals surface area contributed by atoms with Gasteiger partial charge < -0.3 is 14.5 Å². The lowest BCUT2D eigenvalue weighted by Crippen LogP contribution is -2.41. The number of carbonyl (C=O) groups is 1. The molecule has 1 N–H and O–H groups in total. The van der Waals surface area contributed by atoms with Crippen molar-refractivity contribution in [3.05, 3.63) is 47.4 Å². The second-order valence-electron chi connectivity index (χ2n) is 6.44. The molecule has 27 heavy (non-hydrogen) atoms. The molecular weight excluding hydrogens is 392 g/mol. The minimum atomic E-state index is -3.06. The number of sulfone groups is 1. The summed E-state index contributed by atoms with van der Waals surface area (Å²) in [6.45, 7) is 0.411. The molecule has 1 aromatic carbocycles. The van der Waals surface area contributed by atoms with Crippen molar-refractivity contribution >= 4 is 33.0 Å². The Balaban J connectivity index is 1.69. The van der Waals surface area contributed by atoms with E-state index in [9.17, 15) is 13.2 Å². The third-order valence-electron chi connectivity index (χ3n) is 4.45. The van der Waals surface area contributed by atoms with Gasteiger partial charge in [0.15, 0.2) is 9.84 Å². The molecule has 1 amide bonds. The van der Waals surface area contributed by atoms with Gasteiger partial charge >= 0.3 is 0 Å². The van der Waals surface area contributed by atoms with E-state index in [1.165, 1.54) is 7.11 Å². The molecular formula is C18H21ClN2O5S. The molecule has 0 saturated carbocycles. The van der Waals surface area contributed by atoms with Gasteiger partial charge in [0, 0.05) is 11.7 Å². The molecule has 0 radical (unpaired) electrons. The minimum Gasteiger partial charge on any atom is -0.495 e. The van der Waals surface area contributed by atoms with E-state index in [2.05, 4.69) is 5.32 Å². The fourth-order valence-electron chi connectivity index (χ4n) is 3.11. The average Bonchev–Trinajstić information content (AvgIpc) is 3.23. The van der Waals surface area contributed by atoms with E-state index in [0.717, 1.165) is 0 Å². The zero-order chi connectivity index (χ0) is 19.4. The lowest BCUT2D eigenvalue weighted by Gasteiger charge is -2.26. The van der Waals surface area contributed by atoms with Gasteiger partial charge in [-0.2, -0.15) is 0 Å². The van der Waals surface area contributed by atoms with Gasteiger partial charge in [0.2, 0.25) is 5.91 Å². The van der Waals surface area contributed by atoms with Crippen molar-refractivity contribution in [2.75, 3.05) is 30.5 Å². The van der Waals surface area contributed by atoms with Crippen LogP contribution in [0.3, 0.4) is 0 Å². The number of benzene rings is 1. The highest BCUT2D eigenvalue weighted by atomic mass is 35.5. The number of halogens is 1. The van der Waals surface area contributed by atoms with E-state index < -0.39 is 9.84 Å². The summed E-state index contributed by atoms with van der Waals surface area (Å²) in [5, 5.41) is 3.18. The molecule has 2 heterocycles. The number of furan rings is 1. The van der Waals surface area contributed by atoms with Crippen LogP contribution in [0.5, 0.6) is 5.75 Å². The molecule has 3 rings (SSSR count). The van der Waals surface area contributed by atoms with Crippen LogP contribution in [0.15, 0.2) is 41.0 Å². The van der Waals surface area contributed by atoms with Crippen molar-refractivity contribution in [1.82, 2.24) is 4.90 Å². The molecule has 0 aliphatic carbocycles. The van der Waals surface area contributed by atoms with Gasteiger partial charge in [0.25, 0.3) is 0 Å². The first-order valence-electron chi connectivity index (χ1n) is 8.46. The highest BCUT2D eigenvalue weighted by Crippen LogP contribution is 2.27. The number of nitrogens with one attached hydrogen (secondary N) is 1. The van der Waals surface area contributed by atoms with E-state index in [-0.39, 0.29) is 30.0 Å². The Hall–Kier alpha value is -2.03. The maximum Gasteiger partial charge on any atom is 0.238 e. The van der Waals surface area contributed by atoms with Gasteiger partial charge in [-0.3, -0.25) is 9.69 Å². The fraction of sp³-hybridized carbons (Fsp3) is 0.389. The minimum absolute atomic E-state index is 0.0462. The molecule has 146 valence electrons. The van der Waals surface area contributed by atoms with Crippen LogP contribution in [0.2, 0.25) is 5.02 Å². The van der Waals surface area contributed by atoms with Crippen LogP contribution in [-0.2, 0) is 21.2 Å². The number of nitrogens with zero attached hydrogens (tertiary/aromatic N) is 1. The molecule has 0 spiro atoms. The first kappa shape index (κ1) is 19.7. The zero-order valence-electron chi connectivity index (χ0n) is 14.9. The van der Waals surface area contributed by atoms with Crippen LogP contribution in [0.4, 0.5) is 5.69 Å². The first-order valence-corrected chi connectivity index (χ1v) is 10.7. The lowest BCUT2D eigenvalue weighted by molar-refractivity contribution is -0.118. The summed E-state index contributed by atoms with van der Waals surface area (Å²) in [7, 11) is -1.55. The Morgan fingerprint density at radius 2 is 2.22 bits per heavy atom.